The van der Waals surface area contributed by atoms with E-state index in [1.165, 1.54) is 25.7 Å². The standard InChI is InChI=1S/C16H24N2O2/c1-3-12-7-8-14(9-12)18-13-5-4-6-15(10-13)20-11-16(19)17-2/h4-6,10,12,14,18H,3,7-9,11H2,1-2H3,(H,17,19). The molecule has 4 nitrogen and oxygen atoms in total. The van der Waals surface area contributed by atoms with Gasteiger partial charge < -0.3 is 15.4 Å². The Labute approximate surface area is 120 Å². The molecule has 1 aliphatic carbocycles. The number of carbonyl (C=O) groups is 1. The number of nitrogens with one attached hydrogen (secondary N) is 2. The first kappa shape index (κ1) is 14.7. The molecule has 110 valence electrons. The molecule has 0 aromatic heterocycles. The Morgan fingerprint density at radius 1 is 1.40 bits per heavy atom. The molecule has 20 heavy (non-hydrogen) atoms. The number of anilines is 1. The molecule has 2 atom stereocenters. The summed E-state index contributed by atoms with van der Waals surface area (Å²) in [6.45, 7) is 2.32. The Kier molecular flexibility index (Phi) is 5.27. The number of likely N-dealkylation sites (N-methyl/N-ethyl adjacent to an activating group) is 1. The average Bonchev–Trinajstić information content (AvgIpc) is 2.92. The molecule has 1 aromatic carbocycles. The molecule has 0 spiro atoms. The van der Waals surface area contributed by atoms with Crippen LogP contribution in [0.3, 0.4) is 0 Å². The minimum absolute atomic E-state index is 0.0568. The van der Waals surface area contributed by atoms with Crippen LogP contribution in [0.15, 0.2) is 24.3 Å². The number of amides is 1. The Hall–Kier alpha value is -1.71. The van der Waals surface area contributed by atoms with Crippen molar-refractivity contribution in [1.29, 1.82) is 0 Å². The summed E-state index contributed by atoms with van der Waals surface area (Å²) in [5.41, 5.74) is 1.07. The highest BCUT2D eigenvalue weighted by atomic mass is 16.5. The van der Waals surface area contributed by atoms with Crippen molar-refractivity contribution in [3.8, 4) is 5.75 Å². The van der Waals surface area contributed by atoms with Gasteiger partial charge in [-0.3, -0.25) is 4.79 Å². The third kappa shape index (κ3) is 4.15. The lowest BCUT2D eigenvalue weighted by Crippen LogP contribution is -2.24. The van der Waals surface area contributed by atoms with Gasteiger partial charge in [0.1, 0.15) is 5.75 Å². The van der Waals surface area contributed by atoms with E-state index in [1.807, 2.05) is 24.3 Å². The number of carbonyl (C=O) groups excluding carboxylic acids is 1. The van der Waals surface area contributed by atoms with E-state index in [1.54, 1.807) is 7.05 Å². The van der Waals surface area contributed by atoms with E-state index in [4.69, 9.17) is 4.74 Å². The van der Waals surface area contributed by atoms with Gasteiger partial charge in [-0.15, -0.1) is 0 Å². The molecule has 0 radical (unpaired) electrons. The van der Waals surface area contributed by atoms with Gasteiger partial charge in [-0.25, -0.2) is 0 Å². The fraction of sp³-hybridized carbons (Fsp3) is 0.562. The summed E-state index contributed by atoms with van der Waals surface area (Å²) in [5.74, 6) is 1.47. The molecule has 0 aliphatic heterocycles. The van der Waals surface area contributed by atoms with Crippen molar-refractivity contribution in [2.24, 2.45) is 5.92 Å². The highest BCUT2D eigenvalue weighted by Crippen LogP contribution is 2.30. The van der Waals surface area contributed by atoms with Crippen LogP contribution in [-0.2, 0) is 4.79 Å². The molecule has 0 saturated heterocycles. The summed E-state index contributed by atoms with van der Waals surface area (Å²) in [6, 6.07) is 8.40. The predicted octanol–water partition coefficient (Wildman–Crippen LogP) is 2.80. The highest BCUT2D eigenvalue weighted by molar-refractivity contribution is 5.77. The van der Waals surface area contributed by atoms with E-state index in [0.717, 1.165) is 17.4 Å². The lowest BCUT2D eigenvalue weighted by molar-refractivity contribution is -0.122. The minimum atomic E-state index is -0.120. The van der Waals surface area contributed by atoms with Gasteiger partial charge in [0.25, 0.3) is 5.91 Å². The Balaban J connectivity index is 1.88. The molecule has 0 heterocycles. The van der Waals surface area contributed by atoms with Crippen LogP contribution in [0.25, 0.3) is 0 Å². The maximum atomic E-state index is 11.2. The summed E-state index contributed by atoms with van der Waals surface area (Å²) < 4.78 is 5.45. The number of ether oxygens (including phenoxy) is 1. The molecular formula is C16H24N2O2. The predicted molar refractivity (Wildman–Crippen MR) is 81.0 cm³/mol. The minimum Gasteiger partial charge on any atom is -0.484 e. The molecule has 0 bridgehead atoms. The second-order valence-corrected chi connectivity index (χ2v) is 5.42. The summed E-state index contributed by atoms with van der Waals surface area (Å²) in [5, 5.41) is 6.11. The van der Waals surface area contributed by atoms with Gasteiger partial charge in [-0.05, 0) is 37.3 Å². The largest absolute Gasteiger partial charge is 0.484 e. The average molecular weight is 276 g/mol. The molecule has 4 heteroatoms. The first-order valence-electron chi connectivity index (χ1n) is 7.41. The van der Waals surface area contributed by atoms with Crippen molar-refractivity contribution >= 4 is 11.6 Å². The fourth-order valence-electron chi connectivity index (χ4n) is 2.71. The number of hydrogen-bond donors (Lipinski definition) is 2. The first-order valence-corrected chi connectivity index (χ1v) is 7.41. The van der Waals surface area contributed by atoms with Gasteiger partial charge >= 0.3 is 0 Å². The normalized spacial score (nSPS) is 21.5. The molecule has 1 amide bonds. The molecule has 2 unspecified atom stereocenters. The molecule has 1 aromatic rings. The van der Waals surface area contributed by atoms with E-state index < -0.39 is 0 Å². The Morgan fingerprint density at radius 3 is 2.95 bits per heavy atom. The molecule has 1 fully saturated rings. The number of benzene rings is 1. The SMILES string of the molecule is CCC1CCC(Nc2cccc(OCC(=O)NC)c2)C1. The molecule has 1 aliphatic rings. The van der Waals surface area contributed by atoms with Crippen LogP contribution >= 0.6 is 0 Å². The van der Waals surface area contributed by atoms with Crippen molar-refractivity contribution < 1.29 is 9.53 Å². The van der Waals surface area contributed by atoms with Crippen molar-refractivity contribution in [3.05, 3.63) is 24.3 Å². The molecule has 2 rings (SSSR count). The Bertz CT molecular complexity index is 448. The zero-order chi connectivity index (χ0) is 14.4. The quantitative estimate of drug-likeness (QED) is 0.840. The molecule has 1 saturated carbocycles. The number of hydrogen-bond acceptors (Lipinski definition) is 3. The van der Waals surface area contributed by atoms with Crippen LogP contribution < -0.4 is 15.4 Å². The summed E-state index contributed by atoms with van der Waals surface area (Å²) in [4.78, 5) is 11.2. The van der Waals surface area contributed by atoms with Gasteiger partial charge in [0.2, 0.25) is 0 Å². The summed E-state index contributed by atoms with van der Waals surface area (Å²) >= 11 is 0. The zero-order valence-electron chi connectivity index (χ0n) is 12.3. The van der Waals surface area contributed by atoms with E-state index in [-0.39, 0.29) is 12.5 Å². The van der Waals surface area contributed by atoms with Crippen molar-refractivity contribution in [3.63, 3.8) is 0 Å². The van der Waals surface area contributed by atoms with E-state index in [2.05, 4.69) is 17.6 Å². The molecular weight excluding hydrogens is 252 g/mol. The lowest BCUT2D eigenvalue weighted by Gasteiger charge is -2.15. The van der Waals surface area contributed by atoms with Crippen molar-refractivity contribution in [2.45, 2.75) is 38.6 Å². The highest BCUT2D eigenvalue weighted by Gasteiger charge is 2.22. The maximum absolute atomic E-state index is 11.2. The van der Waals surface area contributed by atoms with Crippen molar-refractivity contribution in [1.82, 2.24) is 5.32 Å². The Morgan fingerprint density at radius 2 is 2.25 bits per heavy atom. The second kappa shape index (κ2) is 7.17. The van der Waals surface area contributed by atoms with E-state index in [9.17, 15) is 4.79 Å². The summed E-state index contributed by atoms with van der Waals surface area (Å²) in [6.07, 6.45) is 5.08. The van der Waals surface area contributed by atoms with Gasteiger partial charge in [0.05, 0.1) is 0 Å². The van der Waals surface area contributed by atoms with Crippen LogP contribution in [-0.4, -0.2) is 25.6 Å². The topological polar surface area (TPSA) is 50.4 Å². The zero-order valence-corrected chi connectivity index (χ0v) is 12.3. The van der Waals surface area contributed by atoms with Gasteiger partial charge in [-0.1, -0.05) is 19.4 Å². The monoisotopic (exact) mass is 276 g/mol. The third-order valence-electron chi connectivity index (χ3n) is 3.97. The van der Waals surface area contributed by atoms with Gasteiger partial charge in [-0.2, -0.15) is 0 Å². The van der Waals surface area contributed by atoms with Crippen LogP contribution in [0.1, 0.15) is 32.6 Å². The molecule has 2 N–H and O–H groups in total. The van der Waals surface area contributed by atoms with Crippen LogP contribution in [0.5, 0.6) is 5.75 Å². The number of rotatable bonds is 6. The lowest BCUT2D eigenvalue weighted by atomic mass is 10.1. The maximum Gasteiger partial charge on any atom is 0.257 e. The second-order valence-electron chi connectivity index (χ2n) is 5.42. The fourth-order valence-corrected chi connectivity index (χ4v) is 2.71. The third-order valence-corrected chi connectivity index (χ3v) is 3.97. The van der Waals surface area contributed by atoms with Gasteiger partial charge in [0.15, 0.2) is 6.61 Å². The first-order chi connectivity index (χ1) is 9.71. The van der Waals surface area contributed by atoms with Crippen molar-refractivity contribution in [2.75, 3.05) is 19.0 Å². The van der Waals surface area contributed by atoms with Gasteiger partial charge in [0, 0.05) is 24.8 Å². The van der Waals surface area contributed by atoms with E-state index >= 15 is 0 Å². The van der Waals surface area contributed by atoms with Crippen LogP contribution in [0.2, 0.25) is 0 Å². The van der Waals surface area contributed by atoms with Crippen LogP contribution in [0, 0.1) is 5.92 Å². The smallest absolute Gasteiger partial charge is 0.257 e. The summed E-state index contributed by atoms with van der Waals surface area (Å²) in [7, 11) is 1.61. The van der Waals surface area contributed by atoms with E-state index in [0.29, 0.717) is 6.04 Å². The van der Waals surface area contributed by atoms with Crippen LogP contribution in [0.4, 0.5) is 5.69 Å².